The van der Waals surface area contributed by atoms with Gasteiger partial charge in [-0.25, -0.2) is 0 Å². The molecule has 1 atom stereocenters. The molecule has 0 aromatic heterocycles. The quantitative estimate of drug-likeness (QED) is 0.598. The predicted octanol–water partition coefficient (Wildman–Crippen LogP) is 2.92. The Hall–Kier alpha value is -0.0800. The Morgan fingerprint density at radius 1 is 1.21 bits per heavy atom. The third-order valence-electron chi connectivity index (χ3n) is 3.15. The molecule has 2 nitrogen and oxygen atoms in total. The summed E-state index contributed by atoms with van der Waals surface area (Å²) in [5.41, 5.74) is 0.213. The Labute approximate surface area is 89.6 Å². The minimum Gasteiger partial charge on any atom is -0.380 e. The van der Waals surface area contributed by atoms with Gasteiger partial charge in [0.2, 0.25) is 0 Å². The molecule has 1 unspecified atom stereocenters. The highest BCUT2D eigenvalue weighted by Gasteiger charge is 2.26. The molecule has 0 amide bonds. The van der Waals surface area contributed by atoms with Gasteiger partial charge in [0.05, 0.1) is 6.61 Å². The summed E-state index contributed by atoms with van der Waals surface area (Å²) in [6, 6.07) is 0. The second-order valence-electron chi connectivity index (χ2n) is 4.26. The minimum absolute atomic E-state index is 0.213. The van der Waals surface area contributed by atoms with Crippen molar-refractivity contribution in [2.45, 2.75) is 52.5 Å². The zero-order valence-corrected chi connectivity index (χ0v) is 10.6. The fourth-order valence-corrected chi connectivity index (χ4v) is 1.47. The summed E-state index contributed by atoms with van der Waals surface area (Å²) in [6.45, 7) is 11.7. The Morgan fingerprint density at radius 3 is 2.29 bits per heavy atom. The number of nitrogens with zero attached hydrogens (tertiary/aromatic N) is 1. The highest BCUT2D eigenvalue weighted by molar-refractivity contribution is 4.82. The van der Waals surface area contributed by atoms with Crippen LogP contribution in [-0.4, -0.2) is 37.2 Å². The summed E-state index contributed by atoms with van der Waals surface area (Å²) in [5.74, 6) is 0. The normalized spacial score (nSPS) is 15.9. The van der Waals surface area contributed by atoms with Gasteiger partial charge in [0, 0.05) is 12.1 Å². The molecule has 0 aliphatic carbocycles. The van der Waals surface area contributed by atoms with Gasteiger partial charge in [-0.3, -0.25) is 4.90 Å². The third-order valence-corrected chi connectivity index (χ3v) is 3.15. The van der Waals surface area contributed by atoms with E-state index >= 15 is 0 Å². The van der Waals surface area contributed by atoms with Crippen LogP contribution in [-0.2, 0) is 4.74 Å². The lowest BCUT2D eigenvalue weighted by atomic mass is 9.98. The van der Waals surface area contributed by atoms with Crippen molar-refractivity contribution in [3.05, 3.63) is 0 Å². The van der Waals surface area contributed by atoms with Gasteiger partial charge in [-0.15, -0.1) is 0 Å². The van der Waals surface area contributed by atoms with Crippen LogP contribution in [0.25, 0.3) is 0 Å². The van der Waals surface area contributed by atoms with E-state index in [1.165, 1.54) is 19.4 Å². The van der Waals surface area contributed by atoms with Crippen molar-refractivity contribution in [2.24, 2.45) is 0 Å². The smallest absolute Gasteiger partial charge is 0.0647 e. The van der Waals surface area contributed by atoms with Crippen LogP contribution in [0, 0.1) is 0 Å². The van der Waals surface area contributed by atoms with Crippen LogP contribution in [0.4, 0.5) is 0 Å². The lowest BCUT2D eigenvalue weighted by Gasteiger charge is -2.38. The first-order valence-corrected chi connectivity index (χ1v) is 5.89. The van der Waals surface area contributed by atoms with Crippen LogP contribution in [0.2, 0.25) is 0 Å². The number of hydrogen-bond donors (Lipinski definition) is 0. The van der Waals surface area contributed by atoms with Crippen molar-refractivity contribution < 1.29 is 4.74 Å². The standard InChI is InChI=1S/C12H27NO/c1-6-9-10-13(5)12(4,7-2)11-14-8-3/h6-11H2,1-5H3. The Bertz CT molecular complexity index is 138. The number of unbranched alkanes of at least 4 members (excludes halogenated alkanes) is 1. The van der Waals surface area contributed by atoms with E-state index in [1.807, 2.05) is 0 Å². The van der Waals surface area contributed by atoms with Gasteiger partial charge in [0.15, 0.2) is 0 Å². The molecule has 0 spiro atoms. The van der Waals surface area contributed by atoms with Crippen molar-refractivity contribution in [1.82, 2.24) is 4.90 Å². The topological polar surface area (TPSA) is 12.5 Å². The van der Waals surface area contributed by atoms with E-state index in [0.717, 1.165) is 19.6 Å². The van der Waals surface area contributed by atoms with E-state index < -0.39 is 0 Å². The first-order valence-electron chi connectivity index (χ1n) is 5.89. The molecule has 0 fully saturated rings. The molecule has 0 saturated heterocycles. The van der Waals surface area contributed by atoms with Gasteiger partial charge in [0.1, 0.15) is 0 Å². The number of ether oxygens (including phenoxy) is 1. The second kappa shape index (κ2) is 7.24. The minimum atomic E-state index is 0.213. The lowest BCUT2D eigenvalue weighted by molar-refractivity contribution is 0.0160. The second-order valence-corrected chi connectivity index (χ2v) is 4.26. The molecular formula is C12H27NO. The summed E-state index contributed by atoms with van der Waals surface area (Å²) in [5, 5.41) is 0. The van der Waals surface area contributed by atoms with E-state index in [-0.39, 0.29) is 5.54 Å². The molecule has 0 aliphatic rings. The molecule has 0 heterocycles. The fraction of sp³-hybridized carbons (Fsp3) is 1.00. The third kappa shape index (κ3) is 4.43. The SMILES string of the molecule is CCCCN(C)C(C)(CC)COCC. The summed E-state index contributed by atoms with van der Waals surface area (Å²) in [6.07, 6.45) is 3.68. The molecule has 0 N–H and O–H groups in total. The van der Waals surface area contributed by atoms with Gasteiger partial charge in [0.25, 0.3) is 0 Å². The first-order chi connectivity index (χ1) is 6.60. The molecule has 0 bridgehead atoms. The van der Waals surface area contributed by atoms with Crippen LogP contribution in [0.1, 0.15) is 47.0 Å². The Balaban J connectivity index is 4.05. The van der Waals surface area contributed by atoms with E-state index in [1.54, 1.807) is 0 Å². The average molecular weight is 201 g/mol. The maximum absolute atomic E-state index is 5.55. The lowest BCUT2D eigenvalue weighted by Crippen LogP contribution is -2.47. The van der Waals surface area contributed by atoms with Crippen LogP contribution < -0.4 is 0 Å². The summed E-state index contributed by atoms with van der Waals surface area (Å²) >= 11 is 0. The average Bonchev–Trinajstić information content (AvgIpc) is 2.22. The molecule has 0 rings (SSSR count). The molecule has 0 aromatic rings. The molecule has 86 valence electrons. The number of rotatable bonds is 8. The molecule has 0 radical (unpaired) electrons. The Kier molecular flexibility index (Phi) is 7.20. The molecule has 0 aliphatic heterocycles. The molecule has 0 saturated carbocycles. The summed E-state index contributed by atoms with van der Waals surface area (Å²) in [4.78, 5) is 2.44. The van der Waals surface area contributed by atoms with Crippen molar-refractivity contribution in [3.63, 3.8) is 0 Å². The van der Waals surface area contributed by atoms with E-state index in [0.29, 0.717) is 0 Å². The molecular weight excluding hydrogens is 174 g/mol. The highest BCUT2D eigenvalue weighted by Crippen LogP contribution is 2.18. The summed E-state index contributed by atoms with van der Waals surface area (Å²) < 4.78 is 5.55. The predicted molar refractivity (Wildman–Crippen MR) is 62.7 cm³/mol. The Morgan fingerprint density at radius 2 is 1.86 bits per heavy atom. The van der Waals surface area contributed by atoms with E-state index in [2.05, 4.69) is 39.6 Å². The van der Waals surface area contributed by atoms with Crippen LogP contribution >= 0.6 is 0 Å². The van der Waals surface area contributed by atoms with Gasteiger partial charge in [-0.1, -0.05) is 20.3 Å². The van der Waals surface area contributed by atoms with Crippen molar-refractivity contribution in [1.29, 1.82) is 0 Å². The van der Waals surface area contributed by atoms with Gasteiger partial charge in [-0.05, 0) is 40.3 Å². The first kappa shape index (κ1) is 13.9. The van der Waals surface area contributed by atoms with Crippen LogP contribution in [0.3, 0.4) is 0 Å². The molecule has 2 heteroatoms. The zero-order chi connectivity index (χ0) is 11.0. The maximum atomic E-state index is 5.55. The van der Waals surface area contributed by atoms with Crippen LogP contribution in [0.15, 0.2) is 0 Å². The van der Waals surface area contributed by atoms with Crippen molar-refractivity contribution >= 4 is 0 Å². The zero-order valence-electron chi connectivity index (χ0n) is 10.6. The molecule has 0 aromatic carbocycles. The highest BCUT2D eigenvalue weighted by atomic mass is 16.5. The van der Waals surface area contributed by atoms with E-state index in [4.69, 9.17) is 4.74 Å². The van der Waals surface area contributed by atoms with Crippen molar-refractivity contribution in [3.8, 4) is 0 Å². The van der Waals surface area contributed by atoms with Gasteiger partial charge in [-0.2, -0.15) is 0 Å². The number of hydrogen-bond acceptors (Lipinski definition) is 2. The van der Waals surface area contributed by atoms with Gasteiger partial charge >= 0.3 is 0 Å². The largest absolute Gasteiger partial charge is 0.380 e. The van der Waals surface area contributed by atoms with Crippen molar-refractivity contribution in [2.75, 3.05) is 26.8 Å². The number of likely N-dealkylation sites (N-methyl/N-ethyl adjacent to an activating group) is 1. The van der Waals surface area contributed by atoms with E-state index in [9.17, 15) is 0 Å². The van der Waals surface area contributed by atoms with Crippen LogP contribution in [0.5, 0.6) is 0 Å². The maximum Gasteiger partial charge on any atom is 0.0647 e. The van der Waals surface area contributed by atoms with Gasteiger partial charge < -0.3 is 4.74 Å². The summed E-state index contributed by atoms with van der Waals surface area (Å²) in [7, 11) is 2.21. The molecule has 14 heavy (non-hydrogen) atoms. The monoisotopic (exact) mass is 201 g/mol. The fourth-order valence-electron chi connectivity index (χ4n) is 1.47.